The zero-order chi connectivity index (χ0) is 14.5. The van der Waals surface area contributed by atoms with Gasteiger partial charge < -0.3 is 0 Å². The molecule has 2 nitrogen and oxygen atoms in total. The smallest absolute Gasteiger partial charge is 0.204 e. The van der Waals surface area contributed by atoms with E-state index in [-0.39, 0.29) is 0 Å². The summed E-state index contributed by atoms with van der Waals surface area (Å²) < 4.78 is 3.36. The molecule has 0 radical (unpaired) electrons. The maximum absolute atomic E-state index is 4.27. The van der Waals surface area contributed by atoms with Crippen LogP contribution in [0.1, 0.15) is 16.8 Å². The maximum Gasteiger partial charge on any atom is 0.204 e. The van der Waals surface area contributed by atoms with Crippen LogP contribution < -0.4 is 4.57 Å². The van der Waals surface area contributed by atoms with Crippen molar-refractivity contribution in [3.63, 3.8) is 0 Å². The fourth-order valence-corrected chi connectivity index (χ4v) is 2.58. The van der Waals surface area contributed by atoms with Crippen molar-refractivity contribution >= 4 is 15.9 Å². The van der Waals surface area contributed by atoms with E-state index >= 15 is 0 Å². The van der Waals surface area contributed by atoms with Crippen molar-refractivity contribution in [2.45, 2.75) is 13.0 Å². The molecule has 1 heterocycles. The van der Waals surface area contributed by atoms with Gasteiger partial charge in [0.15, 0.2) is 12.7 Å². The summed E-state index contributed by atoms with van der Waals surface area (Å²) >= 11 is 3.47. The summed E-state index contributed by atoms with van der Waals surface area (Å²) in [6.07, 6.45) is 6.72. The Kier molecular flexibility index (Phi) is 4.41. The average Bonchev–Trinajstić information content (AvgIpc) is 2.52. The van der Waals surface area contributed by atoms with E-state index in [1.54, 1.807) is 0 Å². The zero-order valence-electron chi connectivity index (χ0n) is 11.6. The molecule has 0 amide bonds. The van der Waals surface area contributed by atoms with E-state index in [4.69, 9.17) is 0 Å². The van der Waals surface area contributed by atoms with Gasteiger partial charge in [0.25, 0.3) is 0 Å². The number of halogens is 1. The first-order valence-corrected chi connectivity index (χ1v) is 7.71. The van der Waals surface area contributed by atoms with Gasteiger partial charge >= 0.3 is 0 Å². The second kappa shape index (κ2) is 6.64. The summed E-state index contributed by atoms with van der Waals surface area (Å²) in [5.74, 6) is 0. The first-order valence-electron chi connectivity index (χ1n) is 6.92. The lowest BCUT2D eigenvalue weighted by Crippen LogP contribution is -2.38. The van der Waals surface area contributed by atoms with Crippen molar-refractivity contribution < 1.29 is 4.57 Å². The van der Waals surface area contributed by atoms with Crippen LogP contribution in [-0.4, -0.2) is 4.98 Å². The first-order chi connectivity index (χ1) is 10.3. The molecule has 1 aromatic heterocycles. The monoisotopic (exact) mass is 339 g/mol. The van der Waals surface area contributed by atoms with Gasteiger partial charge in [0.2, 0.25) is 5.69 Å². The van der Waals surface area contributed by atoms with Crippen LogP contribution in [0.5, 0.6) is 0 Å². The molecule has 0 spiro atoms. The zero-order valence-corrected chi connectivity index (χ0v) is 13.2. The van der Waals surface area contributed by atoms with Gasteiger partial charge in [-0.1, -0.05) is 58.4 Å². The Balaban J connectivity index is 1.84. The van der Waals surface area contributed by atoms with Gasteiger partial charge in [-0.2, -0.15) is 4.57 Å². The van der Waals surface area contributed by atoms with Gasteiger partial charge in [-0.15, -0.1) is 0 Å². The molecular formula is C18H16BrN2+. The SMILES string of the molecule is Brc1ccc(Cc2cncc[n+]2Cc2ccccc2)cc1. The molecule has 0 atom stereocenters. The van der Waals surface area contributed by atoms with Crippen LogP contribution in [0.25, 0.3) is 0 Å². The molecule has 104 valence electrons. The third-order valence-corrected chi connectivity index (χ3v) is 3.95. The molecule has 0 unspecified atom stereocenters. The molecule has 0 bridgehead atoms. The normalized spacial score (nSPS) is 10.5. The van der Waals surface area contributed by atoms with Gasteiger partial charge in [-0.3, -0.25) is 4.98 Å². The van der Waals surface area contributed by atoms with Crippen molar-refractivity contribution in [1.29, 1.82) is 0 Å². The van der Waals surface area contributed by atoms with Crippen LogP contribution in [0, 0.1) is 0 Å². The highest BCUT2D eigenvalue weighted by Crippen LogP contribution is 2.12. The lowest BCUT2D eigenvalue weighted by Gasteiger charge is -2.04. The summed E-state index contributed by atoms with van der Waals surface area (Å²) in [7, 11) is 0. The quantitative estimate of drug-likeness (QED) is 0.661. The number of nitrogens with zero attached hydrogens (tertiary/aromatic N) is 2. The van der Waals surface area contributed by atoms with Crippen LogP contribution >= 0.6 is 15.9 Å². The van der Waals surface area contributed by atoms with Gasteiger partial charge in [0.05, 0.1) is 18.8 Å². The molecule has 21 heavy (non-hydrogen) atoms. The standard InChI is InChI=1S/C18H16BrN2/c19-17-8-6-15(7-9-17)12-18-13-20-10-11-21(18)14-16-4-2-1-3-5-16/h1-11,13H,12,14H2/q+1. The topological polar surface area (TPSA) is 16.8 Å². The Hall–Kier alpha value is -2.00. The second-order valence-corrected chi connectivity index (χ2v) is 5.90. The molecule has 0 aliphatic heterocycles. The Morgan fingerprint density at radius 1 is 0.905 bits per heavy atom. The molecule has 0 aliphatic carbocycles. The van der Waals surface area contributed by atoms with Crippen LogP contribution in [0.3, 0.4) is 0 Å². The number of rotatable bonds is 4. The van der Waals surface area contributed by atoms with E-state index in [0.717, 1.165) is 17.4 Å². The van der Waals surface area contributed by atoms with E-state index in [0.29, 0.717) is 0 Å². The van der Waals surface area contributed by atoms with Gasteiger partial charge in [-0.25, -0.2) is 0 Å². The summed E-state index contributed by atoms with van der Waals surface area (Å²) in [6, 6.07) is 18.9. The number of hydrogen-bond donors (Lipinski definition) is 0. The minimum Gasteiger partial charge on any atom is -0.252 e. The van der Waals surface area contributed by atoms with Crippen molar-refractivity contribution in [3.05, 3.63) is 94.5 Å². The van der Waals surface area contributed by atoms with Crippen molar-refractivity contribution in [2.24, 2.45) is 0 Å². The van der Waals surface area contributed by atoms with E-state index < -0.39 is 0 Å². The van der Waals surface area contributed by atoms with E-state index in [1.165, 1.54) is 16.8 Å². The molecule has 3 rings (SSSR count). The predicted molar refractivity (Wildman–Crippen MR) is 86.9 cm³/mol. The molecule has 3 heteroatoms. The molecule has 0 saturated carbocycles. The Labute approximate surface area is 133 Å². The van der Waals surface area contributed by atoms with Crippen molar-refractivity contribution in [1.82, 2.24) is 4.98 Å². The van der Waals surface area contributed by atoms with Crippen LogP contribution in [0.2, 0.25) is 0 Å². The lowest BCUT2D eigenvalue weighted by molar-refractivity contribution is -0.695. The molecule has 0 N–H and O–H groups in total. The highest BCUT2D eigenvalue weighted by atomic mass is 79.9. The maximum atomic E-state index is 4.27. The molecule has 0 aliphatic rings. The molecule has 3 aromatic rings. The second-order valence-electron chi connectivity index (χ2n) is 4.98. The fraction of sp³-hybridized carbons (Fsp3) is 0.111. The summed E-state index contributed by atoms with van der Waals surface area (Å²) in [4.78, 5) is 4.27. The molecule has 0 saturated heterocycles. The highest BCUT2D eigenvalue weighted by Gasteiger charge is 2.11. The van der Waals surface area contributed by atoms with E-state index in [9.17, 15) is 0 Å². The predicted octanol–water partition coefficient (Wildman–Crippen LogP) is 3.77. The van der Waals surface area contributed by atoms with Crippen molar-refractivity contribution in [2.75, 3.05) is 0 Å². The van der Waals surface area contributed by atoms with Crippen LogP contribution in [0.15, 0.2) is 77.7 Å². The Morgan fingerprint density at radius 3 is 2.43 bits per heavy atom. The molecule has 0 fully saturated rings. The number of benzene rings is 2. The highest BCUT2D eigenvalue weighted by molar-refractivity contribution is 9.10. The van der Waals surface area contributed by atoms with Gasteiger partial charge in [0.1, 0.15) is 0 Å². The summed E-state index contributed by atoms with van der Waals surface area (Å²) in [5, 5.41) is 0. The summed E-state index contributed by atoms with van der Waals surface area (Å²) in [5.41, 5.74) is 3.79. The third kappa shape index (κ3) is 3.76. The largest absolute Gasteiger partial charge is 0.252 e. The summed E-state index contributed by atoms with van der Waals surface area (Å²) in [6.45, 7) is 0.870. The van der Waals surface area contributed by atoms with Crippen molar-refractivity contribution in [3.8, 4) is 0 Å². The van der Waals surface area contributed by atoms with Crippen LogP contribution in [0.4, 0.5) is 0 Å². The average molecular weight is 340 g/mol. The first kappa shape index (κ1) is 14.0. The molecule has 2 aromatic carbocycles. The van der Waals surface area contributed by atoms with Crippen LogP contribution in [-0.2, 0) is 13.0 Å². The third-order valence-electron chi connectivity index (χ3n) is 3.42. The minimum atomic E-state index is 0.870. The van der Waals surface area contributed by atoms with E-state index in [2.05, 4.69) is 74.0 Å². The lowest BCUT2D eigenvalue weighted by atomic mass is 10.1. The Bertz CT molecular complexity index is 709. The molecular weight excluding hydrogens is 324 g/mol. The van der Waals surface area contributed by atoms with Gasteiger partial charge in [-0.05, 0) is 17.7 Å². The number of aromatic nitrogens is 2. The Morgan fingerprint density at radius 2 is 1.67 bits per heavy atom. The fourth-order valence-electron chi connectivity index (χ4n) is 2.31. The van der Waals surface area contributed by atoms with E-state index in [1.807, 2.05) is 24.7 Å². The van der Waals surface area contributed by atoms with Gasteiger partial charge in [0, 0.05) is 10.0 Å². The number of hydrogen-bond acceptors (Lipinski definition) is 1. The minimum absolute atomic E-state index is 0.870.